The second-order valence-corrected chi connectivity index (χ2v) is 15.2. The van der Waals surface area contributed by atoms with Gasteiger partial charge < -0.3 is 14.5 Å². The van der Waals surface area contributed by atoms with Gasteiger partial charge in [0.25, 0.3) is 0 Å². The number of carbonyl (C=O) groups is 1. The highest BCUT2D eigenvalue weighted by molar-refractivity contribution is 7.13. The Morgan fingerprint density at radius 1 is 0.860 bits per heavy atom. The van der Waals surface area contributed by atoms with E-state index in [2.05, 4.69) is 108 Å². The molecule has 1 fully saturated rings. The number of ether oxygens (including phenoxy) is 1. The monoisotopic (exact) mass is 684 g/mol. The summed E-state index contributed by atoms with van der Waals surface area (Å²) in [5.74, 6) is 1.33. The molecule has 0 aliphatic carbocycles. The van der Waals surface area contributed by atoms with Gasteiger partial charge in [-0.3, -0.25) is 0 Å². The lowest BCUT2D eigenvalue weighted by molar-refractivity contribution is 0.0119. The van der Waals surface area contributed by atoms with Gasteiger partial charge in [-0.15, -0.1) is 11.3 Å². The summed E-state index contributed by atoms with van der Waals surface area (Å²) < 4.78 is 7.89. The number of rotatable bonds is 8. The Kier molecular flexibility index (Phi) is 9.18. The van der Waals surface area contributed by atoms with Gasteiger partial charge >= 0.3 is 6.09 Å². The summed E-state index contributed by atoms with van der Waals surface area (Å²) in [5, 5.41) is 9.34. The number of anilines is 1. The van der Waals surface area contributed by atoms with Crippen LogP contribution in [0, 0.1) is 5.92 Å². The van der Waals surface area contributed by atoms with Crippen LogP contribution in [0.3, 0.4) is 0 Å². The fourth-order valence-corrected chi connectivity index (χ4v) is 7.97. The third-order valence-electron chi connectivity index (χ3n) is 9.21. The van der Waals surface area contributed by atoms with Crippen LogP contribution >= 0.6 is 11.3 Å². The number of thiazole rings is 1. The van der Waals surface area contributed by atoms with Crippen molar-refractivity contribution in [3.05, 3.63) is 131 Å². The smallest absolute Gasteiger partial charge is 0.410 e. The zero-order valence-corrected chi connectivity index (χ0v) is 30.2. The molecule has 1 atom stereocenters. The molecule has 4 heterocycles. The first-order chi connectivity index (χ1) is 24.1. The van der Waals surface area contributed by atoms with Gasteiger partial charge in [-0.1, -0.05) is 105 Å². The van der Waals surface area contributed by atoms with Gasteiger partial charge in [-0.25, -0.2) is 19.4 Å². The Morgan fingerprint density at radius 3 is 2.02 bits per heavy atom. The summed E-state index contributed by atoms with van der Waals surface area (Å²) in [6.07, 6.45) is 2.47. The maximum Gasteiger partial charge on any atom is 0.410 e. The van der Waals surface area contributed by atoms with E-state index in [1.165, 1.54) is 0 Å². The molecule has 6 aromatic rings. The summed E-state index contributed by atoms with van der Waals surface area (Å²) in [4.78, 5) is 27.6. The molecule has 256 valence electrons. The standard InChI is InChI=1S/C41H44N6O2S/c1-29(2)26-33-27-45(24-25-46(33)39(48)49-40(3,4)5)35-28-50-38(43-35)36-34-22-15-23-42-37(34)47(44-36)41(30-16-9-6-10-17-30,31-18-11-7-12-19-31)32-20-13-8-14-21-32/h6-23,28-29,33H,24-27H2,1-5H3/t33-/m0/s1. The second kappa shape index (κ2) is 13.7. The maximum absolute atomic E-state index is 13.2. The van der Waals surface area contributed by atoms with Crippen LogP contribution in [0.15, 0.2) is 115 Å². The zero-order chi connectivity index (χ0) is 34.9. The van der Waals surface area contributed by atoms with E-state index in [9.17, 15) is 4.79 Å². The van der Waals surface area contributed by atoms with Crippen LogP contribution in [0.1, 0.15) is 57.7 Å². The maximum atomic E-state index is 13.2. The highest BCUT2D eigenvalue weighted by Crippen LogP contribution is 2.44. The van der Waals surface area contributed by atoms with Gasteiger partial charge in [0, 0.05) is 36.6 Å². The van der Waals surface area contributed by atoms with Gasteiger partial charge in [-0.05, 0) is 61.9 Å². The average Bonchev–Trinajstić information content (AvgIpc) is 3.75. The van der Waals surface area contributed by atoms with Crippen molar-refractivity contribution in [3.63, 3.8) is 0 Å². The molecule has 7 rings (SSSR count). The number of piperazine rings is 1. The zero-order valence-electron chi connectivity index (χ0n) is 29.4. The highest BCUT2D eigenvalue weighted by atomic mass is 32.1. The van der Waals surface area contributed by atoms with Crippen LogP contribution < -0.4 is 4.90 Å². The van der Waals surface area contributed by atoms with E-state index in [0.29, 0.717) is 25.6 Å². The van der Waals surface area contributed by atoms with Crippen molar-refractivity contribution < 1.29 is 9.53 Å². The molecule has 0 bridgehead atoms. The molecule has 0 radical (unpaired) electrons. The van der Waals surface area contributed by atoms with Gasteiger partial charge in [0.15, 0.2) is 5.65 Å². The summed E-state index contributed by atoms with van der Waals surface area (Å²) in [6.45, 7) is 12.1. The Bertz CT molecular complexity index is 1960. The number of hydrogen-bond acceptors (Lipinski definition) is 7. The molecule has 8 nitrogen and oxygen atoms in total. The average molecular weight is 685 g/mol. The first-order valence-corrected chi connectivity index (χ1v) is 18.2. The SMILES string of the molecule is CC(C)C[C@H]1CN(c2csc(-c3nn(C(c4ccccc4)(c4ccccc4)c4ccccc4)c4ncccc34)n2)CCN1C(=O)OC(C)(C)C. The largest absolute Gasteiger partial charge is 0.444 e. The van der Waals surface area contributed by atoms with E-state index < -0.39 is 11.1 Å². The van der Waals surface area contributed by atoms with Crippen molar-refractivity contribution in [2.45, 2.75) is 58.2 Å². The van der Waals surface area contributed by atoms with E-state index >= 15 is 0 Å². The van der Waals surface area contributed by atoms with E-state index in [4.69, 9.17) is 19.8 Å². The lowest BCUT2D eigenvalue weighted by Crippen LogP contribution is -2.56. The van der Waals surface area contributed by atoms with Gasteiger partial charge in [-0.2, -0.15) is 5.10 Å². The molecule has 50 heavy (non-hydrogen) atoms. The minimum atomic E-state index is -0.809. The number of amides is 1. The summed E-state index contributed by atoms with van der Waals surface area (Å²) in [5.41, 5.74) is 3.47. The number of hydrogen-bond donors (Lipinski definition) is 0. The number of benzene rings is 3. The summed E-state index contributed by atoms with van der Waals surface area (Å²) in [7, 11) is 0. The Labute approximate surface area is 298 Å². The van der Waals surface area contributed by atoms with Crippen LogP contribution in [-0.2, 0) is 10.3 Å². The molecule has 1 aliphatic rings. The van der Waals surface area contributed by atoms with Crippen LogP contribution in [0.25, 0.3) is 21.7 Å². The van der Waals surface area contributed by atoms with Gasteiger partial charge in [0.1, 0.15) is 27.7 Å². The first kappa shape index (κ1) is 33.5. The second-order valence-electron chi connectivity index (χ2n) is 14.4. The predicted octanol–water partition coefficient (Wildman–Crippen LogP) is 8.87. The molecule has 3 aromatic heterocycles. The minimum Gasteiger partial charge on any atom is -0.444 e. The van der Waals surface area contributed by atoms with E-state index in [0.717, 1.165) is 50.7 Å². The summed E-state index contributed by atoms with van der Waals surface area (Å²) in [6, 6.07) is 35.7. The van der Waals surface area contributed by atoms with Crippen LogP contribution in [0.2, 0.25) is 0 Å². The van der Waals surface area contributed by atoms with E-state index in [1.54, 1.807) is 11.3 Å². The van der Waals surface area contributed by atoms with Crippen molar-refractivity contribution in [2.75, 3.05) is 24.5 Å². The molecular formula is C41H44N6O2S. The van der Waals surface area contributed by atoms with Crippen LogP contribution in [-0.4, -0.2) is 62.0 Å². The first-order valence-electron chi connectivity index (χ1n) is 17.4. The van der Waals surface area contributed by atoms with Crippen molar-refractivity contribution in [1.29, 1.82) is 0 Å². The molecule has 9 heteroatoms. The third kappa shape index (κ3) is 6.38. The Hall–Kier alpha value is -5.02. The molecule has 0 saturated carbocycles. The van der Waals surface area contributed by atoms with E-state index in [-0.39, 0.29) is 12.1 Å². The van der Waals surface area contributed by atoms with Crippen molar-refractivity contribution in [2.24, 2.45) is 5.92 Å². The molecular weight excluding hydrogens is 641 g/mol. The minimum absolute atomic E-state index is 0.0243. The fourth-order valence-electron chi connectivity index (χ4n) is 7.14. The Morgan fingerprint density at radius 2 is 1.46 bits per heavy atom. The van der Waals surface area contributed by atoms with Crippen molar-refractivity contribution in [3.8, 4) is 10.7 Å². The molecule has 0 N–H and O–H groups in total. The number of pyridine rings is 1. The lowest BCUT2D eigenvalue weighted by atomic mass is 9.77. The van der Waals surface area contributed by atoms with Crippen molar-refractivity contribution >= 4 is 34.3 Å². The molecule has 1 amide bonds. The number of carbonyl (C=O) groups excluding carboxylic acids is 1. The molecule has 0 spiro atoms. The molecule has 0 unspecified atom stereocenters. The fraction of sp³-hybridized carbons (Fsp3) is 0.317. The third-order valence-corrected chi connectivity index (χ3v) is 10.0. The number of aromatic nitrogens is 4. The van der Waals surface area contributed by atoms with Crippen molar-refractivity contribution in [1.82, 2.24) is 24.6 Å². The topological polar surface area (TPSA) is 76.4 Å². The summed E-state index contributed by atoms with van der Waals surface area (Å²) >= 11 is 1.59. The Balaban J connectivity index is 1.32. The normalized spacial score (nSPS) is 15.5. The quantitative estimate of drug-likeness (QED) is 0.149. The lowest BCUT2D eigenvalue weighted by Gasteiger charge is -2.42. The van der Waals surface area contributed by atoms with Gasteiger partial charge in [0.05, 0.1) is 6.04 Å². The highest BCUT2D eigenvalue weighted by Gasteiger charge is 2.42. The number of nitrogens with zero attached hydrogens (tertiary/aromatic N) is 6. The van der Waals surface area contributed by atoms with Crippen LogP contribution in [0.4, 0.5) is 10.6 Å². The predicted molar refractivity (Wildman–Crippen MR) is 202 cm³/mol. The molecule has 3 aromatic carbocycles. The molecule has 1 saturated heterocycles. The molecule has 1 aliphatic heterocycles. The van der Waals surface area contributed by atoms with Crippen LogP contribution in [0.5, 0.6) is 0 Å². The number of fused-ring (bicyclic) bond motifs is 1. The van der Waals surface area contributed by atoms with E-state index in [1.807, 2.05) is 56.1 Å². The van der Waals surface area contributed by atoms with Gasteiger partial charge in [0.2, 0.25) is 0 Å².